The monoisotopic (exact) mass is 278 g/mol. The molecule has 2 aromatic rings. The number of hydrogen-bond donors (Lipinski definition) is 2. The third kappa shape index (κ3) is 2.53. The van der Waals surface area contributed by atoms with Crippen molar-refractivity contribution < 1.29 is 18.6 Å². The van der Waals surface area contributed by atoms with Gasteiger partial charge in [-0.2, -0.15) is 9.78 Å². The van der Waals surface area contributed by atoms with E-state index in [-0.39, 0.29) is 12.1 Å². The molecule has 6 heteroatoms. The molecule has 0 bridgehead atoms. The van der Waals surface area contributed by atoms with Gasteiger partial charge in [-0.05, 0) is 30.1 Å². The van der Waals surface area contributed by atoms with E-state index in [1.54, 1.807) is 6.92 Å². The molecule has 0 spiro atoms. The van der Waals surface area contributed by atoms with Crippen LogP contribution in [-0.4, -0.2) is 15.2 Å². The summed E-state index contributed by atoms with van der Waals surface area (Å²) in [6.07, 6.45) is 8.18. The van der Waals surface area contributed by atoms with Gasteiger partial charge in [0.15, 0.2) is 0 Å². The number of halogens is 2. The lowest BCUT2D eigenvalue weighted by Crippen LogP contribution is -2.50. The van der Waals surface area contributed by atoms with E-state index in [0.29, 0.717) is 0 Å². The van der Waals surface area contributed by atoms with Crippen LogP contribution in [-0.2, 0) is 12.1 Å². The lowest BCUT2D eigenvalue weighted by atomic mass is 9.82. The Labute approximate surface area is 115 Å². The molecule has 1 aromatic heterocycles. The maximum Gasteiger partial charge on any atom is 0.306 e. The number of H-pyrrole nitrogens is 1. The Morgan fingerprint density at radius 3 is 2.90 bits per heavy atom. The first-order valence-electron chi connectivity index (χ1n) is 5.99. The predicted molar refractivity (Wildman–Crippen MR) is 67.0 cm³/mol. The van der Waals surface area contributed by atoms with E-state index in [9.17, 15) is 13.9 Å². The number of aromatic nitrogens is 3. The molecule has 4 nitrogen and oxygen atoms in total. The van der Waals surface area contributed by atoms with Crippen molar-refractivity contribution in [3.05, 3.63) is 48.1 Å². The molecule has 2 atom stereocenters. The zero-order valence-electron chi connectivity index (χ0n) is 10.8. The van der Waals surface area contributed by atoms with Crippen LogP contribution in [0.4, 0.5) is 8.78 Å². The summed E-state index contributed by atoms with van der Waals surface area (Å²) in [5, 5.41) is 13.5. The van der Waals surface area contributed by atoms with Crippen LogP contribution >= 0.6 is 0 Å². The molecule has 0 fully saturated rings. The topological polar surface area (TPSA) is 52.8 Å². The average Bonchev–Trinajstić information content (AvgIpc) is 2.93. The van der Waals surface area contributed by atoms with Crippen LogP contribution in [0.1, 0.15) is 12.5 Å². The van der Waals surface area contributed by atoms with E-state index in [1.807, 2.05) is 0 Å². The molecule has 2 N–H and O–H groups in total. The van der Waals surface area contributed by atoms with Crippen LogP contribution in [0, 0.1) is 29.9 Å². The van der Waals surface area contributed by atoms with Gasteiger partial charge in [-0.1, -0.05) is 0 Å². The highest BCUT2D eigenvalue weighted by Crippen LogP contribution is 2.32. The van der Waals surface area contributed by atoms with E-state index in [0.717, 1.165) is 18.2 Å². The SMILES string of the molecule is C#C[C@H](C)[C@](O)(C[n+]1cnc[nH]1)c1cc(F)ccc1F. The number of aromatic amines is 1. The van der Waals surface area contributed by atoms with Gasteiger partial charge in [-0.25, -0.2) is 8.78 Å². The molecular formula is C14H14F2N3O+. The lowest BCUT2D eigenvalue weighted by Gasteiger charge is -2.30. The molecule has 0 aliphatic heterocycles. The van der Waals surface area contributed by atoms with Gasteiger partial charge in [0, 0.05) is 5.56 Å². The number of aliphatic hydroxyl groups is 1. The molecule has 0 aliphatic carbocycles. The highest BCUT2D eigenvalue weighted by atomic mass is 19.1. The molecule has 2 rings (SSSR count). The third-order valence-corrected chi connectivity index (χ3v) is 3.28. The minimum absolute atomic E-state index is 0.0707. The van der Waals surface area contributed by atoms with E-state index >= 15 is 0 Å². The Balaban J connectivity index is 2.52. The fourth-order valence-electron chi connectivity index (χ4n) is 2.02. The summed E-state index contributed by atoms with van der Waals surface area (Å²) in [5.41, 5.74) is -1.93. The van der Waals surface area contributed by atoms with Crippen LogP contribution in [0.5, 0.6) is 0 Å². The summed E-state index contributed by atoms with van der Waals surface area (Å²) in [5.74, 6) is 0.297. The summed E-state index contributed by atoms with van der Waals surface area (Å²) in [7, 11) is 0. The predicted octanol–water partition coefficient (Wildman–Crippen LogP) is 1.13. The summed E-state index contributed by atoms with van der Waals surface area (Å²) in [4.78, 5) is 3.80. The first kappa shape index (κ1) is 14.2. The zero-order valence-corrected chi connectivity index (χ0v) is 10.8. The minimum Gasteiger partial charge on any atom is -0.380 e. The van der Waals surface area contributed by atoms with Crippen LogP contribution in [0.3, 0.4) is 0 Å². The number of nitrogens with zero attached hydrogens (tertiary/aromatic N) is 2. The molecule has 0 saturated heterocycles. The maximum atomic E-state index is 14.0. The summed E-state index contributed by atoms with van der Waals surface area (Å²) in [6.45, 7) is 1.50. The number of rotatable bonds is 4. The molecule has 0 saturated carbocycles. The molecule has 1 aromatic carbocycles. The second-order valence-electron chi connectivity index (χ2n) is 4.59. The van der Waals surface area contributed by atoms with Crippen LogP contribution in [0.2, 0.25) is 0 Å². The van der Waals surface area contributed by atoms with Crippen molar-refractivity contribution in [1.29, 1.82) is 0 Å². The van der Waals surface area contributed by atoms with Crippen molar-refractivity contribution in [2.45, 2.75) is 19.1 Å². The van der Waals surface area contributed by atoms with Crippen molar-refractivity contribution in [3.8, 4) is 12.3 Å². The Morgan fingerprint density at radius 1 is 1.55 bits per heavy atom. The average molecular weight is 278 g/mol. The molecule has 0 radical (unpaired) electrons. The number of hydrogen-bond acceptors (Lipinski definition) is 2. The van der Waals surface area contributed by atoms with Crippen molar-refractivity contribution >= 4 is 0 Å². The largest absolute Gasteiger partial charge is 0.380 e. The van der Waals surface area contributed by atoms with Gasteiger partial charge in [0.25, 0.3) is 0 Å². The Hall–Kier alpha value is -2.26. The first-order chi connectivity index (χ1) is 9.47. The number of nitrogens with one attached hydrogen (secondary N) is 1. The minimum atomic E-state index is -1.75. The second-order valence-corrected chi connectivity index (χ2v) is 4.59. The molecule has 0 aliphatic rings. The van der Waals surface area contributed by atoms with Gasteiger partial charge >= 0.3 is 6.33 Å². The highest BCUT2D eigenvalue weighted by Gasteiger charge is 2.40. The van der Waals surface area contributed by atoms with E-state index in [2.05, 4.69) is 16.0 Å². The van der Waals surface area contributed by atoms with Crippen molar-refractivity contribution in [2.75, 3.05) is 0 Å². The summed E-state index contributed by atoms with van der Waals surface area (Å²) < 4.78 is 28.8. The molecule has 20 heavy (non-hydrogen) atoms. The third-order valence-electron chi connectivity index (χ3n) is 3.28. The van der Waals surface area contributed by atoms with Gasteiger partial charge in [0.2, 0.25) is 6.33 Å². The van der Waals surface area contributed by atoms with Crippen molar-refractivity contribution in [2.24, 2.45) is 5.92 Å². The fraction of sp³-hybridized carbons (Fsp3) is 0.286. The number of benzene rings is 1. The van der Waals surface area contributed by atoms with Gasteiger partial charge in [-0.15, -0.1) is 12.3 Å². The normalized spacial score (nSPS) is 15.3. The highest BCUT2D eigenvalue weighted by molar-refractivity contribution is 5.27. The van der Waals surface area contributed by atoms with Gasteiger partial charge in [0.05, 0.1) is 5.92 Å². The summed E-state index contributed by atoms with van der Waals surface area (Å²) in [6, 6.07) is 2.92. The smallest absolute Gasteiger partial charge is 0.306 e. The van der Waals surface area contributed by atoms with Gasteiger partial charge in [0.1, 0.15) is 23.8 Å². The molecule has 104 valence electrons. The standard InChI is InChI=1S/C14H13F2N3O/c1-3-10(2)14(20,7-19-9-17-8-18-19)12-6-11(15)4-5-13(12)16/h1,4-6,8-10,20H,7H2,2H3/p+1/t10-,14+/m0/s1. The Morgan fingerprint density at radius 2 is 2.30 bits per heavy atom. The van der Waals surface area contributed by atoms with Crippen molar-refractivity contribution in [1.82, 2.24) is 10.1 Å². The lowest BCUT2D eigenvalue weighted by molar-refractivity contribution is -0.765. The Bertz CT molecular complexity index is 636. The van der Waals surface area contributed by atoms with Crippen LogP contribution < -0.4 is 4.68 Å². The quantitative estimate of drug-likeness (QED) is 0.651. The Kier molecular flexibility index (Phi) is 3.81. The molecule has 0 unspecified atom stereocenters. The second kappa shape index (κ2) is 5.39. The van der Waals surface area contributed by atoms with E-state index < -0.39 is 23.2 Å². The molecular weight excluding hydrogens is 264 g/mol. The van der Waals surface area contributed by atoms with E-state index in [4.69, 9.17) is 6.42 Å². The van der Waals surface area contributed by atoms with E-state index in [1.165, 1.54) is 17.3 Å². The molecule has 1 heterocycles. The number of terminal acetylenes is 1. The zero-order chi connectivity index (χ0) is 14.8. The van der Waals surface area contributed by atoms with Crippen LogP contribution in [0.25, 0.3) is 0 Å². The first-order valence-corrected chi connectivity index (χ1v) is 5.99. The maximum absolute atomic E-state index is 14.0. The van der Waals surface area contributed by atoms with Gasteiger partial charge < -0.3 is 5.11 Å². The molecule has 0 amide bonds. The van der Waals surface area contributed by atoms with Crippen LogP contribution in [0.15, 0.2) is 30.9 Å². The fourth-order valence-corrected chi connectivity index (χ4v) is 2.02. The van der Waals surface area contributed by atoms with Gasteiger partial charge in [-0.3, -0.25) is 0 Å². The van der Waals surface area contributed by atoms with Crippen molar-refractivity contribution in [3.63, 3.8) is 0 Å². The summed E-state index contributed by atoms with van der Waals surface area (Å²) >= 11 is 0.